The zero-order valence-corrected chi connectivity index (χ0v) is 12.5. The Hall–Kier alpha value is -0.120. The summed E-state index contributed by atoms with van der Waals surface area (Å²) in [5.74, 6) is 0.447. The normalized spacial score (nSPS) is 39.2. The van der Waals surface area contributed by atoms with Crippen molar-refractivity contribution >= 4 is 0 Å². The molecule has 18 heavy (non-hydrogen) atoms. The van der Waals surface area contributed by atoms with Gasteiger partial charge in [-0.05, 0) is 42.7 Å². The molecular weight excluding hydrogens is 224 g/mol. The summed E-state index contributed by atoms with van der Waals surface area (Å²) >= 11 is 0. The molecule has 0 aromatic rings. The first-order valence-electron chi connectivity index (χ1n) is 7.41. The molecule has 0 saturated carbocycles. The maximum Gasteiger partial charge on any atom is 0.0700 e. The molecular formula is C15H30N2O. The van der Waals surface area contributed by atoms with Gasteiger partial charge in [-0.2, -0.15) is 0 Å². The predicted molar refractivity (Wildman–Crippen MR) is 75.6 cm³/mol. The SMILES string of the molecule is CC1(CN2CCC(C(C)(C)C)C(O)C2)CCNC1. The van der Waals surface area contributed by atoms with E-state index >= 15 is 0 Å². The molecule has 0 amide bonds. The van der Waals surface area contributed by atoms with Gasteiger partial charge in [-0.15, -0.1) is 0 Å². The Kier molecular flexibility index (Phi) is 4.05. The zero-order valence-electron chi connectivity index (χ0n) is 12.5. The van der Waals surface area contributed by atoms with E-state index in [9.17, 15) is 5.11 Å². The molecule has 3 heteroatoms. The molecule has 0 spiro atoms. The van der Waals surface area contributed by atoms with Gasteiger partial charge in [0.2, 0.25) is 0 Å². The van der Waals surface area contributed by atoms with Crippen molar-refractivity contribution in [3.8, 4) is 0 Å². The molecule has 2 aliphatic rings. The van der Waals surface area contributed by atoms with Crippen LogP contribution >= 0.6 is 0 Å². The molecule has 0 aromatic heterocycles. The van der Waals surface area contributed by atoms with Crippen molar-refractivity contribution < 1.29 is 5.11 Å². The van der Waals surface area contributed by atoms with Crippen molar-refractivity contribution in [1.29, 1.82) is 0 Å². The first-order valence-corrected chi connectivity index (χ1v) is 7.41. The van der Waals surface area contributed by atoms with Crippen molar-refractivity contribution in [1.82, 2.24) is 10.2 Å². The lowest BCUT2D eigenvalue weighted by molar-refractivity contribution is -0.0327. The van der Waals surface area contributed by atoms with E-state index in [1.54, 1.807) is 0 Å². The number of hydrogen-bond donors (Lipinski definition) is 2. The second kappa shape index (κ2) is 5.10. The van der Waals surface area contributed by atoms with Gasteiger partial charge in [0.1, 0.15) is 0 Å². The summed E-state index contributed by atoms with van der Waals surface area (Å²) in [7, 11) is 0. The Morgan fingerprint density at radius 2 is 2.11 bits per heavy atom. The maximum absolute atomic E-state index is 10.4. The molecule has 0 aromatic carbocycles. The summed E-state index contributed by atoms with van der Waals surface area (Å²) < 4.78 is 0. The second-order valence-electron chi connectivity index (χ2n) is 7.80. The monoisotopic (exact) mass is 254 g/mol. The Morgan fingerprint density at radius 1 is 1.39 bits per heavy atom. The molecule has 0 radical (unpaired) electrons. The summed E-state index contributed by atoms with van der Waals surface area (Å²) in [6.07, 6.45) is 2.24. The molecule has 2 N–H and O–H groups in total. The molecule has 2 aliphatic heterocycles. The van der Waals surface area contributed by atoms with Crippen molar-refractivity contribution in [3.05, 3.63) is 0 Å². The van der Waals surface area contributed by atoms with Crippen LogP contribution in [0.1, 0.15) is 40.5 Å². The van der Waals surface area contributed by atoms with E-state index < -0.39 is 0 Å². The van der Waals surface area contributed by atoms with E-state index in [0.717, 1.165) is 39.1 Å². The quantitative estimate of drug-likeness (QED) is 0.787. The number of nitrogens with one attached hydrogen (secondary N) is 1. The van der Waals surface area contributed by atoms with E-state index in [2.05, 4.69) is 37.9 Å². The van der Waals surface area contributed by atoms with Crippen LogP contribution in [-0.4, -0.2) is 48.8 Å². The van der Waals surface area contributed by atoms with E-state index in [1.807, 2.05) is 0 Å². The molecule has 2 fully saturated rings. The molecule has 2 rings (SSSR count). The smallest absolute Gasteiger partial charge is 0.0700 e. The Labute approximate surface area is 112 Å². The van der Waals surface area contributed by atoms with E-state index in [0.29, 0.717) is 11.3 Å². The average Bonchev–Trinajstić information content (AvgIpc) is 2.62. The van der Waals surface area contributed by atoms with Crippen LogP contribution in [0, 0.1) is 16.7 Å². The van der Waals surface area contributed by atoms with Gasteiger partial charge in [-0.1, -0.05) is 27.7 Å². The third-order valence-electron chi connectivity index (χ3n) is 4.84. The first-order chi connectivity index (χ1) is 8.30. The molecule has 106 valence electrons. The Bertz CT molecular complexity index is 279. The lowest BCUT2D eigenvalue weighted by atomic mass is 9.73. The largest absolute Gasteiger partial charge is 0.391 e. The van der Waals surface area contributed by atoms with Crippen LogP contribution < -0.4 is 5.32 Å². The minimum absolute atomic E-state index is 0.156. The van der Waals surface area contributed by atoms with Crippen LogP contribution in [0.2, 0.25) is 0 Å². The number of β-amino-alcohol motifs (C(OH)–C–C–N with tert-alkyl or cyclic N) is 1. The highest BCUT2D eigenvalue weighted by molar-refractivity contribution is 4.91. The highest BCUT2D eigenvalue weighted by Gasteiger charge is 2.38. The fourth-order valence-corrected chi connectivity index (χ4v) is 3.69. The standard InChI is InChI=1S/C15H30N2O/c1-14(2,3)12-5-8-17(9-13(12)18)11-15(4)6-7-16-10-15/h12-13,16,18H,5-11H2,1-4H3. The topological polar surface area (TPSA) is 35.5 Å². The van der Waals surface area contributed by atoms with Crippen LogP contribution in [0.4, 0.5) is 0 Å². The van der Waals surface area contributed by atoms with Crippen LogP contribution in [-0.2, 0) is 0 Å². The van der Waals surface area contributed by atoms with Crippen molar-refractivity contribution in [2.45, 2.75) is 46.6 Å². The van der Waals surface area contributed by atoms with E-state index in [4.69, 9.17) is 0 Å². The number of likely N-dealkylation sites (tertiary alicyclic amines) is 1. The highest BCUT2D eigenvalue weighted by atomic mass is 16.3. The molecule has 3 nitrogen and oxygen atoms in total. The molecule has 3 atom stereocenters. The number of hydrogen-bond acceptors (Lipinski definition) is 3. The third-order valence-corrected chi connectivity index (χ3v) is 4.84. The van der Waals surface area contributed by atoms with Crippen LogP contribution in [0.3, 0.4) is 0 Å². The fraction of sp³-hybridized carbons (Fsp3) is 1.00. The number of nitrogens with zero attached hydrogens (tertiary/aromatic N) is 1. The van der Waals surface area contributed by atoms with E-state index in [1.165, 1.54) is 6.42 Å². The molecule has 3 unspecified atom stereocenters. The summed E-state index contributed by atoms with van der Waals surface area (Å²) in [5.41, 5.74) is 0.638. The van der Waals surface area contributed by atoms with E-state index in [-0.39, 0.29) is 11.5 Å². The van der Waals surface area contributed by atoms with Crippen molar-refractivity contribution in [2.75, 3.05) is 32.7 Å². The van der Waals surface area contributed by atoms with Gasteiger partial charge in [0.15, 0.2) is 0 Å². The number of piperidine rings is 1. The Morgan fingerprint density at radius 3 is 2.61 bits per heavy atom. The van der Waals surface area contributed by atoms with Gasteiger partial charge in [-0.3, -0.25) is 0 Å². The maximum atomic E-state index is 10.4. The van der Waals surface area contributed by atoms with Gasteiger partial charge in [-0.25, -0.2) is 0 Å². The van der Waals surface area contributed by atoms with Crippen LogP contribution in [0.5, 0.6) is 0 Å². The zero-order chi connectivity index (χ0) is 13.4. The van der Waals surface area contributed by atoms with Crippen molar-refractivity contribution in [3.63, 3.8) is 0 Å². The summed E-state index contributed by atoms with van der Waals surface area (Å²) in [6, 6.07) is 0. The minimum Gasteiger partial charge on any atom is -0.391 e. The first kappa shape index (κ1) is 14.3. The molecule has 0 bridgehead atoms. The van der Waals surface area contributed by atoms with Gasteiger partial charge in [0.05, 0.1) is 6.10 Å². The highest BCUT2D eigenvalue weighted by Crippen LogP contribution is 2.36. The lowest BCUT2D eigenvalue weighted by Crippen LogP contribution is -2.50. The van der Waals surface area contributed by atoms with Crippen molar-refractivity contribution in [2.24, 2.45) is 16.7 Å². The van der Waals surface area contributed by atoms with Gasteiger partial charge in [0, 0.05) is 19.6 Å². The summed E-state index contributed by atoms with van der Waals surface area (Å²) in [5, 5.41) is 13.8. The predicted octanol–water partition coefficient (Wildman–Crippen LogP) is 1.71. The van der Waals surface area contributed by atoms with Gasteiger partial charge in [0.25, 0.3) is 0 Å². The average molecular weight is 254 g/mol. The number of aliphatic hydroxyl groups is 1. The molecule has 2 saturated heterocycles. The third kappa shape index (κ3) is 3.25. The number of rotatable bonds is 2. The second-order valence-corrected chi connectivity index (χ2v) is 7.80. The van der Waals surface area contributed by atoms with Crippen LogP contribution in [0.15, 0.2) is 0 Å². The number of aliphatic hydroxyl groups excluding tert-OH is 1. The molecule has 2 heterocycles. The van der Waals surface area contributed by atoms with Gasteiger partial charge < -0.3 is 15.3 Å². The summed E-state index contributed by atoms with van der Waals surface area (Å²) in [4.78, 5) is 2.47. The minimum atomic E-state index is -0.156. The fourth-order valence-electron chi connectivity index (χ4n) is 3.69. The molecule has 0 aliphatic carbocycles. The Balaban J connectivity index is 1.88. The summed E-state index contributed by atoms with van der Waals surface area (Å²) in [6.45, 7) is 14.5. The van der Waals surface area contributed by atoms with Gasteiger partial charge >= 0.3 is 0 Å². The lowest BCUT2D eigenvalue weighted by Gasteiger charge is -2.44. The van der Waals surface area contributed by atoms with Crippen LogP contribution in [0.25, 0.3) is 0 Å².